The molecule has 2 aliphatic rings. The van der Waals surface area contributed by atoms with Gasteiger partial charge in [0, 0.05) is 46.1 Å². The number of benzene rings is 6. The fraction of sp³-hybridized carbons (Fsp3) is 0.0192. The van der Waals surface area contributed by atoms with E-state index in [0.717, 1.165) is 66.0 Å². The third-order valence-electron chi connectivity index (χ3n) is 12.1. The highest BCUT2D eigenvalue weighted by Crippen LogP contribution is 2.62. The number of aromatic nitrogens is 10. The molecule has 5 aromatic heterocycles. The van der Waals surface area contributed by atoms with Crippen LogP contribution < -0.4 is 0 Å². The molecule has 63 heavy (non-hydrogen) atoms. The summed E-state index contributed by atoms with van der Waals surface area (Å²) in [5.41, 5.74) is 10.1. The minimum Gasteiger partial charge on any atom is -0.252 e. The van der Waals surface area contributed by atoms with E-state index in [9.17, 15) is 0 Å². The molecule has 0 saturated heterocycles. The van der Waals surface area contributed by atoms with Gasteiger partial charge in [0.2, 0.25) is 0 Å². The lowest BCUT2D eigenvalue weighted by atomic mass is 9.58. The number of allylic oxidation sites excluding steroid dienone is 4. The Morgan fingerprint density at radius 2 is 1.10 bits per heavy atom. The van der Waals surface area contributed by atoms with Crippen molar-refractivity contribution in [3.63, 3.8) is 0 Å². The van der Waals surface area contributed by atoms with Crippen LogP contribution in [-0.2, 0) is 5.41 Å². The zero-order valence-electron chi connectivity index (χ0n) is 33.2. The van der Waals surface area contributed by atoms with Crippen LogP contribution in [0.4, 0.5) is 5.69 Å². The normalized spacial score (nSPS) is 16.0. The molecule has 1 aliphatic carbocycles. The van der Waals surface area contributed by atoms with Gasteiger partial charge in [0.25, 0.3) is 0 Å². The number of hydrogen-bond acceptors (Lipinski definition) is 11. The summed E-state index contributed by atoms with van der Waals surface area (Å²) in [6, 6.07) is 49.1. The molecule has 13 rings (SSSR count). The van der Waals surface area contributed by atoms with Crippen molar-refractivity contribution in [2.75, 3.05) is 0 Å². The van der Waals surface area contributed by atoms with E-state index in [0.29, 0.717) is 56.6 Å². The summed E-state index contributed by atoms with van der Waals surface area (Å²) in [6.45, 7) is 0. The van der Waals surface area contributed by atoms with Gasteiger partial charge in [-0.1, -0.05) is 109 Å². The van der Waals surface area contributed by atoms with Gasteiger partial charge < -0.3 is 0 Å². The molecule has 1 atom stereocenters. The SMILES string of the molecule is c1ccc2c(c1)N=C1C(c3ncc4nccnc4n3)=C(c3cc4ccccc4nn3)C(c3ncc4ccccc4n3)=C(c3cnc4ccccc4n3)C12c1cccc2ccccc12. The molecule has 11 nitrogen and oxygen atoms in total. The van der Waals surface area contributed by atoms with Crippen LogP contribution >= 0.6 is 0 Å². The highest BCUT2D eigenvalue weighted by atomic mass is 15.1. The highest BCUT2D eigenvalue weighted by molar-refractivity contribution is 6.49. The molecule has 292 valence electrons. The molecule has 11 heteroatoms. The molecule has 1 unspecified atom stereocenters. The monoisotopic (exact) mass is 807 g/mol. The summed E-state index contributed by atoms with van der Waals surface area (Å²) in [5, 5.41) is 13.7. The van der Waals surface area contributed by atoms with Crippen molar-refractivity contribution >= 4 is 88.5 Å². The largest absolute Gasteiger partial charge is 0.252 e. The second-order valence-corrected chi connectivity index (χ2v) is 15.5. The predicted molar refractivity (Wildman–Crippen MR) is 246 cm³/mol. The summed E-state index contributed by atoms with van der Waals surface area (Å²) in [5.74, 6) is 0.829. The van der Waals surface area contributed by atoms with Gasteiger partial charge in [-0.25, -0.2) is 34.9 Å². The van der Waals surface area contributed by atoms with Gasteiger partial charge in [-0.3, -0.25) is 9.98 Å². The van der Waals surface area contributed by atoms with Crippen LogP contribution in [0, 0.1) is 0 Å². The molecule has 0 spiro atoms. The molecule has 0 radical (unpaired) electrons. The van der Waals surface area contributed by atoms with Crippen molar-refractivity contribution in [3.05, 3.63) is 211 Å². The smallest absolute Gasteiger partial charge is 0.181 e. The molecule has 6 heterocycles. The van der Waals surface area contributed by atoms with E-state index in [1.807, 2.05) is 91.3 Å². The maximum Gasteiger partial charge on any atom is 0.181 e. The van der Waals surface area contributed by atoms with Crippen molar-refractivity contribution in [2.45, 2.75) is 5.41 Å². The standard InChI is InChI=1S/C52H29N11/c1-4-16-33-30(12-1)15-11-18-34(33)52-35-17-5-8-21-38(35)59-48(52)46(51-57-29-43-49(61-51)54-25-24-53-43)44(41-26-31-13-2-7-20-37(31)62-63-41)45(50-56-27-32-14-3-6-19-36(32)60-50)47(52)42-28-55-39-22-9-10-23-40(39)58-42/h1-29H. The summed E-state index contributed by atoms with van der Waals surface area (Å²) >= 11 is 0. The second kappa shape index (κ2) is 13.6. The van der Waals surface area contributed by atoms with Crippen LogP contribution in [0.1, 0.15) is 34.2 Å². The Hall–Kier alpha value is -8.83. The van der Waals surface area contributed by atoms with Gasteiger partial charge in [-0.05, 0) is 58.3 Å². The predicted octanol–water partition coefficient (Wildman–Crippen LogP) is 10.0. The first-order valence-corrected chi connectivity index (χ1v) is 20.5. The fourth-order valence-corrected chi connectivity index (χ4v) is 9.42. The quantitative estimate of drug-likeness (QED) is 0.165. The highest BCUT2D eigenvalue weighted by Gasteiger charge is 2.56. The molecule has 0 N–H and O–H groups in total. The second-order valence-electron chi connectivity index (χ2n) is 15.5. The fourth-order valence-electron chi connectivity index (χ4n) is 9.42. The maximum absolute atomic E-state index is 5.69. The van der Waals surface area contributed by atoms with Gasteiger partial charge in [-0.2, -0.15) is 0 Å². The summed E-state index contributed by atoms with van der Waals surface area (Å²) in [7, 11) is 0. The van der Waals surface area contributed by atoms with E-state index in [4.69, 9.17) is 45.1 Å². The molecule has 11 aromatic rings. The Balaban J connectivity index is 1.31. The van der Waals surface area contributed by atoms with Crippen LogP contribution in [0.2, 0.25) is 0 Å². The maximum atomic E-state index is 5.69. The third-order valence-corrected chi connectivity index (χ3v) is 12.1. The number of rotatable bonds is 5. The Morgan fingerprint density at radius 1 is 0.397 bits per heavy atom. The van der Waals surface area contributed by atoms with Crippen molar-refractivity contribution < 1.29 is 0 Å². The minimum absolute atomic E-state index is 0.381. The Kier molecular flexibility index (Phi) is 7.55. The first-order chi connectivity index (χ1) is 31.2. The van der Waals surface area contributed by atoms with Gasteiger partial charge in [0.15, 0.2) is 17.3 Å². The zero-order valence-corrected chi connectivity index (χ0v) is 33.2. The molecule has 6 aromatic carbocycles. The molecule has 0 saturated carbocycles. The minimum atomic E-state index is -1.18. The van der Waals surface area contributed by atoms with E-state index >= 15 is 0 Å². The lowest BCUT2D eigenvalue weighted by Gasteiger charge is -2.42. The molecule has 0 fully saturated rings. The van der Waals surface area contributed by atoms with E-state index in [-0.39, 0.29) is 0 Å². The lowest BCUT2D eigenvalue weighted by molar-refractivity contribution is 0.916. The number of para-hydroxylation sites is 4. The van der Waals surface area contributed by atoms with E-state index in [1.165, 1.54) is 0 Å². The molecule has 0 amide bonds. The summed E-state index contributed by atoms with van der Waals surface area (Å²) in [4.78, 5) is 46.4. The number of fused-ring (bicyclic) bond motifs is 8. The van der Waals surface area contributed by atoms with Crippen LogP contribution in [0.15, 0.2) is 182 Å². The molecule has 1 aliphatic heterocycles. The van der Waals surface area contributed by atoms with E-state index in [2.05, 4.69) is 76.7 Å². The third kappa shape index (κ3) is 5.23. The van der Waals surface area contributed by atoms with Crippen LogP contribution in [0.25, 0.3) is 77.1 Å². The van der Waals surface area contributed by atoms with Crippen molar-refractivity contribution in [3.8, 4) is 0 Å². The van der Waals surface area contributed by atoms with E-state index < -0.39 is 5.41 Å². The molecule has 0 bridgehead atoms. The van der Waals surface area contributed by atoms with Gasteiger partial charge in [0.05, 0.1) is 68.2 Å². The van der Waals surface area contributed by atoms with Crippen LogP contribution in [0.5, 0.6) is 0 Å². The van der Waals surface area contributed by atoms with Crippen molar-refractivity contribution in [1.82, 2.24) is 50.1 Å². The first kappa shape index (κ1) is 35.0. The first-order valence-electron chi connectivity index (χ1n) is 20.5. The van der Waals surface area contributed by atoms with Crippen LogP contribution in [0.3, 0.4) is 0 Å². The summed E-state index contributed by atoms with van der Waals surface area (Å²) < 4.78 is 0. The van der Waals surface area contributed by atoms with Crippen LogP contribution in [-0.4, -0.2) is 55.8 Å². The number of hydrogen-bond donors (Lipinski definition) is 0. The Bertz CT molecular complexity index is 3830. The summed E-state index contributed by atoms with van der Waals surface area (Å²) in [6.07, 6.45) is 8.72. The number of aliphatic imine (C=N–C) groups is 1. The van der Waals surface area contributed by atoms with E-state index in [1.54, 1.807) is 18.6 Å². The lowest BCUT2D eigenvalue weighted by Crippen LogP contribution is -2.41. The van der Waals surface area contributed by atoms with Crippen molar-refractivity contribution in [1.29, 1.82) is 0 Å². The molecular formula is C52H29N11. The average Bonchev–Trinajstić information content (AvgIpc) is 3.70. The number of nitrogens with zero attached hydrogens (tertiary/aromatic N) is 11. The van der Waals surface area contributed by atoms with Gasteiger partial charge in [0.1, 0.15) is 5.52 Å². The Labute approximate surface area is 358 Å². The Morgan fingerprint density at radius 3 is 2.02 bits per heavy atom. The van der Waals surface area contributed by atoms with Gasteiger partial charge in [-0.15, -0.1) is 10.2 Å². The van der Waals surface area contributed by atoms with Gasteiger partial charge >= 0.3 is 0 Å². The zero-order chi connectivity index (χ0) is 41.5. The molecular weight excluding hydrogens is 779 g/mol. The topological polar surface area (TPSA) is 141 Å². The average molecular weight is 808 g/mol. The van der Waals surface area contributed by atoms with Crippen molar-refractivity contribution in [2.24, 2.45) is 4.99 Å².